The maximum Gasteiger partial charge on any atom is 0.123 e. The van der Waals surface area contributed by atoms with Gasteiger partial charge in [-0.3, -0.25) is 0 Å². The molecule has 1 aromatic carbocycles. The van der Waals surface area contributed by atoms with Gasteiger partial charge in [0.2, 0.25) is 0 Å². The first kappa shape index (κ1) is 15.6. The van der Waals surface area contributed by atoms with Crippen LogP contribution < -0.4 is 10.1 Å². The molecule has 3 nitrogen and oxygen atoms in total. The number of nitrogens with one attached hydrogen (secondary N) is 1. The average Bonchev–Trinajstić information content (AvgIpc) is 2.84. The Hall–Kier alpha value is -0.770. The largest absolute Gasteiger partial charge is 0.488 e. The molecule has 0 aromatic heterocycles. The molecule has 2 atom stereocenters. The van der Waals surface area contributed by atoms with Crippen LogP contribution in [0.4, 0.5) is 0 Å². The Bertz CT molecular complexity index is 434. The summed E-state index contributed by atoms with van der Waals surface area (Å²) >= 11 is 6.01. The van der Waals surface area contributed by atoms with Gasteiger partial charge in [-0.15, -0.1) is 0 Å². The number of halogens is 1. The zero-order valence-electron chi connectivity index (χ0n) is 12.7. The van der Waals surface area contributed by atoms with Crippen molar-refractivity contribution in [3.05, 3.63) is 28.8 Å². The van der Waals surface area contributed by atoms with Gasteiger partial charge in [0.15, 0.2) is 0 Å². The van der Waals surface area contributed by atoms with E-state index >= 15 is 0 Å². The molecule has 1 N–H and O–H groups in total. The van der Waals surface area contributed by atoms with Gasteiger partial charge >= 0.3 is 0 Å². The number of ether oxygens (including phenoxy) is 1. The fourth-order valence-corrected chi connectivity index (χ4v) is 2.86. The fourth-order valence-electron chi connectivity index (χ4n) is 2.67. The summed E-state index contributed by atoms with van der Waals surface area (Å²) in [5, 5.41) is 4.36. The minimum absolute atomic E-state index is 0.225. The van der Waals surface area contributed by atoms with Crippen LogP contribution in [0.2, 0.25) is 5.02 Å². The molecule has 0 amide bonds. The first-order valence-corrected chi connectivity index (χ1v) is 7.91. The Morgan fingerprint density at radius 3 is 2.85 bits per heavy atom. The van der Waals surface area contributed by atoms with Crippen LogP contribution >= 0.6 is 11.6 Å². The van der Waals surface area contributed by atoms with Crippen molar-refractivity contribution in [2.45, 2.75) is 39.3 Å². The highest BCUT2D eigenvalue weighted by Crippen LogP contribution is 2.30. The molecule has 2 rings (SSSR count). The van der Waals surface area contributed by atoms with Crippen molar-refractivity contribution in [3.63, 3.8) is 0 Å². The van der Waals surface area contributed by atoms with E-state index in [1.807, 2.05) is 18.2 Å². The molecule has 1 aromatic rings. The predicted molar refractivity (Wildman–Crippen MR) is 84.8 cm³/mol. The van der Waals surface area contributed by atoms with Gasteiger partial charge in [0.25, 0.3) is 0 Å². The van der Waals surface area contributed by atoms with Crippen molar-refractivity contribution in [2.75, 3.05) is 26.2 Å². The molecule has 1 aliphatic heterocycles. The Morgan fingerprint density at radius 1 is 1.40 bits per heavy atom. The second kappa shape index (κ2) is 7.30. The van der Waals surface area contributed by atoms with Crippen LogP contribution in [-0.2, 0) is 6.42 Å². The third-order valence-electron chi connectivity index (χ3n) is 3.88. The summed E-state index contributed by atoms with van der Waals surface area (Å²) in [6.45, 7) is 10.8. The first-order chi connectivity index (χ1) is 9.62. The van der Waals surface area contributed by atoms with Crippen molar-refractivity contribution < 1.29 is 4.74 Å². The number of fused-ring (bicyclic) bond motifs is 1. The lowest BCUT2D eigenvalue weighted by molar-refractivity contribution is 0.210. The van der Waals surface area contributed by atoms with Crippen LogP contribution in [0.1, 0.15) is 26.3 Å². The normalized spacial score (nSPS) is 18.9. The van der Waals surface area contributed by atoms with Gasteiger partial charge in [-0.1, -0.05) is 25.4 Å². The van der Waals surface area contributed by atoms with Gasteiger partial charge in [-0.25, -0.2) is 0 Å². The van der Waals surface area contributed by atoms with Crippen molar-refractivity contribution in [1.82, 2.24) is 10.2 Å². The Balaban J connectivity index is 1.76. The molecule has 0 aliphatic carbocycles. The molecule has 1 heterocycles. The van der Waals surface area contributed by atoms with E-state index in [0.717, 1.165) is 43.4 Å². The third-order valence-corrected chi connectivity index (χ3v) is 4.12. The molecule has 0 spiro atoms. The lowest BCUT2D eigenvalue weighted by Crippen LogP contribution is -2.42. The van der Waals surface area contributed by atoms with Gasteiger partial charge in [-0.2, -0.15) is 0 Å². The molecule has 0 bridgehead atoms. The first-order valence-electron chi connectivity index (χ1n) is 7.53. The number of nitrogens with zero attached hydrogens (tertiary/aromatic N) is 1. The maximum absolute atomic E-state index is 6.01. The van der Waals surface area contributed by atoms with Crippen LogP contribution in [0.15, 0.2) is 18.2 Å². The van der Waals surface area contributed by atoms with Crippen LogP contribution in [-0.4, -0.2) is 43.2 Å². The minimum Gasteiger partial charge on any atom is -0.488 e. The van der Waals surface area contributed by atoms with E-state index in [1.54, 1.807) is 0 Å². The summed E-state index contributed by atoms with van der Waals surface area (Å²) in [4.78, 5) is 2.43. The number of hydrogen-bond acceptors (Lipinski definition) is 3. The second-order valence-corrected chi connectivity index (χ2v) is 5.93. The smallest absolute Gasteiger partial charge is 0.123 e. The summed E-state index contributed by atoms with van der Waals surface area (Å²) in [5.41, 5.74) is 1.22. The molecule has 0 radical (unpaired) electrons. The zero-order valence-corrected chi connectivity index (χ0v) is 13.4. The molecule has 4 heteroatoms. The van der Waals surface area contributed by atoms with Crippen LogP contribution in [0, 0.1) is 0 Å². The molecule has 112 valence electrons. The lowest BCUT2D eigenvalue weighted by atomic mass is 10.1. The summed E-state index contributed by atoms with van der Waals surface area (Å²) in [7, 11) is 0. The van der Waals surface area contributed by atoms with Gasteiger partial charge in [0.05, 0.1) is 0 Å². The minimum atomic E-state index is 0.225. The van der Waals surface area contributed by atoms with Crippen molar-refractivity contribution in [1.29, 1.82) is 0 Å². The van der Waals surface area contributed by atoms with Gasteiger partial charge in [0, 0.05) is 30.6 Å². The highest BCUT2D eigenvalue weighted by Gasteiger charge is 2.23. The Morgan fingerprint density at radius 2 is 2.15 bits per heavy atom. The van der Waals surface area contributed by atoms with E-state index in [4.69, 9.17) is 16.3 Å². The SMILES string of the molecule is CCN(CC)CC(C)NCC1Cc2cc(Cl)ccc2O1. The highest BCUT2D eigenvalue weighted by atomic mass is 35.5. The van der Waals surface area contributed by atoms with Crippen LogP contribution in [0.3, 0.4) is 0 Å². The van der Waals surface area contributed by atoms with Gasteiger partial charge < -0.3 is 15.0 Å². The van der Waals surface area contributed by atoms with Gasteiger partial charge in [-0.05, 0) is 43.8 Å². The predicted octanol–water partition coefficient (Wildman–Crippen LogP) is 2.96. The van der Waals surface area contributed by atoms with Crippen molar-refractivity contribution in [2.24, 2.45) is 0 Å². The molecule has 0 saturated heterocycles. The van der Waals surface area contributed by atoms with E-state index in [1.165, 1.54) is 5.56 Å². The number of likely N-dealkylation sites (N-methyl/N-ethyl adjacent to an activating group) is 1. The zero-order chi connectivity index (χ0) is 14.5. The lowest BCUT2D eigenvalue weighted by Gasteiger charge is -2.24. The van der Waals surface area contributed by atoms with E-state index in [2.05, 4.69) is 31.0 Å². The quantitative estimate of drug-likeness (QED) is 0.837. The summed E-state index contributed by atoms with van der Waals surface area (Å²) in [5.74, 6) is 0.984. The summed E-state index contributed by atoms with van der Waals surface area (Å²) in [6, 6.07) is 6.35. The Kier molecular flexibility index (Phi) is 5.70. The summed E-state index contributed by atoms with van der Waals surface area (Å²) in [6.07, 6.45) is 1.17. The standard InChI is InChI=1S/C16H25ClN2O/c1-4-19(5-2)11-12(3)18-10-15-9-13-8-14(17)6-7-16(13)20-15/h6-8,12,15,18H,4-5,9-11H2,1-3H3. The van der Waals surface area contributed by atoms with E-state index in [9.17, 15) is 0 Å². The third kappa shape index (κ3) is 4.11. The molecule has 20 heavy (non-hydrogen) atoms. The number of rotatable bonds is 7. The fraction of sp³-hybridized carbons (Fsp3) is 0.625. The second-order valence-electron chi connectivity index (χ2n) is 5.49. The van der Waals surface area contributed by atoms with E-state index in [-0.39, 0.29) is 6.10 Å². The van der Waals surface area contributed by atoms with Crippen molar-refractivity contribution in [3.8, 4) is 5.75 Å². The maximum atomic E-state index is 6.01. The molecule has 0 fully saturated rings. The Labute approximate surface area is 127 Å². The highest BCUT2D eigenvalue weighted by molar-refractivity contribution is 6.30. The molecular formula is C16H25ClN2O. The van der Waals surface area contributed by atoms with Crippen LogP contribution in [0.25, 0.3) is 0 Å². The number of benzene rings is 1. The van der Waals surface area contributed by atoms with Gasteiger partial charge in [0.1, 0.15) is 11.9 Å². The monoisotopic (exact) mass is 296 g/mol. The summed E-state index contributed by atoms with van der Waals surface area (Å²) < 4.78 is 5.94. The molecule has 2 unspecified atom stereocenters. The molecule has 0 saturated carbocycles. The van der Waals surface area contributed by atoms with E-state index in [0.29, 0.717) is 6.04 Å². The number of hydrogen-bond donors (Lipinski definition) is 1. The average molecular weight is 297 g/mol. The van der Waals surface area contributed by atoms with Crippen molar-refractivity contribution >= 4 is 11.6 Å². The molecular weight excluding hydrogens is 272 g/mol. The van der Waals surface area contributed by atoms with Crippen LogP contribution in [0.5, 0.6) is 5.75 Å². The van der Waals surface area contributed by atoms with E-state index < -0.39 is 0 Å². The topological polar surface area (TPSA) is 24.5 Å². The molecule has 1 aliphatic rings.